The van der Waals surface area contributed by atoms with Crippen LogP contribution >= 0.6 is 0 Å². The fourth-order valence-electron chi connectivity index (χ4n) is 1.99. The van der Waals surface area contributed by atoms with Gasteiger partial charge in [-0.1, -0.05) is 58.3 Å². The molecule has 0 heterocycles. The van der Waals surface area contributed by atoms with Gasteiger partial charge in [0.15, 0.2) is 0 Å². The quantitative estimate of drug-likeness (QED) is 0.384. The molecular formula is C15H29NNaO3+. The molecule has 0 bridgehead atoms. The smallest absolute Gasteiger partial charge is 0.481 e. The number of amides is 1. The average Bonchev–Trinajstić information content (AvgIpc) is 2.36. The van der Waals surface area contributed by atoms with Crippen molar-refractivity contribution in [3.8, 4) is 0 Å². The van der Waals surface area contributed by atoms with Crippen molar-refractivity contribution in [3.63, 3.8) is 0 Å². The number of carbonyl (C=O) groups excluding carboxylic acids is 1. The van der Waals surface area contributed by atoms with E-state index in [-0.39, 0.29) is 48.4 Å². The van der Waals surface area contributed by atoms with Crippen LogP contribution in [0.25, 0.3) is 0 Å². The van der Waals surface area contributed by atoms with Crippen LogP contribution in [0.1, 0.15) is 77.6 Å². The van der Waals surface area contributed by atoms with Crippen molar-refractivity contribution in [3.05, 3.63) is 0 Å². The molecule has 0 aliphatic heterocycles. The minimum absolute atomic E-state index is 0. The van der Waals surface area contributed by atoms with Crippen LogP contribution < -0.4 is 34.9 Å². The standard InChI is InChI=1S/C15H29NO3.Na/c1-2-3-4-5-6-7-8-9-10-11-14(17)16-13-12-15(18)19;/h2-13H2,1H3,(H,16,17)(H,18,19);/q;+1. The predicted octanol–water partition coefficient (Wildman–Crippen LogP) is 0.502. The Labute approximate surface area is 145 Å². The largest absolute Gasteiger partial charge is 1.00 e. The molecule has 2 N–H and O–H groups in total. The molecule has 0 saturated heterocycles. The monoisotopic (exact) mass is 294 g/mol. The summed E-state index contributed by atoms with van der Waals surface area (Å²) in [4.78, 5) is 21.6. The van der Waals surface area contributed by atoms with Gasteiger partial charge in [0.2, 0.25) is 5.91 Å². The van der Waals surface area contributed by atoms with Gasteiger partial charge in [-0.15, -0.1) is 0 Å². The molecule has 0 aromatic heterocycles. The maximum Gasteiger partial charge on any atom is 1.00 e. The summed E-state index contributed by atoms with van der Waals surface area (Å²) < 4.78 is 0. The van der Waals surface area contributed by atoms with Crippen LogP contribution in [0.15, 0.2) is 0 Å². The number of carbonyl (C=O) groups is 2. The zero-order valence-corrected chi connectivity index (χ0v) is 15.2. The van der Waals surface area contributed by atoms with E-state index in [0.29, 0.717) is 6.42 Å². The van der Waals surface area contributed by atoms with Crippen LogP contribution in [-0.4, -0.2) is 23.5 Å². The molecule has 0 rings (SSSR count). The maximum atomic E-state index is 11.3. The molecule has 0 aliphatic carbocycles. The fourth-order valence-corrected chi connectivity index (χ4v) is 1.99. The normalized spacial score (nSPS) is 9.85. The van der Waals surface area contributed by atoms with Crippen LogP contribution in [0.4, 0.5) is 0 Å². The molecule has 0 aromatic carbocycles. The average molecular weight is 294 g/mol. The first-order valence-electron chi connectivity index (χ1n) is 7.65. The summed E-state index contributed by atoms with van der Waals surface area (Å²) in [6.07, 6.45) is 11.6. The molecular weight excluding hydrogens is 265 g/mol. The molecule has 0 spiro atoms. The van der Waals surface area contributed by atoms with Crippen LogP contribution in [0, 0.1) is 0 Å². The summed E-state index contributed by atoms with van der Waals surface area (Å²) in [6, 6.07) is 0. The van der Waals surface area contributed by atoms with Crippen molar-refractivity contribution in [2.24, 2.45) is 0 Å². The Morgan fingerprint density at radius 1 is 0.850 bits per heavy atom. The Morgan fingerprint density at radius 2 is 1.35 bits per heavy atom. The Kier molecular flexibility index (Phi) is 18.9. The molecule has 20 heavy (non-hydrogen) atoms. The summed E-state index contributed by atoms with van der Waals surface area (Å²) in [5.74, 6) is -0.896. The first-order chi connectivity index (χ1) is 9.16. The van der Waals surface area contributed by atoms with Crippen molar-refractivity contribution in [1.82, 2.24) is 5.32 Å². The third-order valence-corrected chi connectivity index (χ3v) is 3.17. The number of carboxylic acids is 1. The fraction of sp³-hybridized carbons (Fsp3) is 0.867. The van der Waals surface area contributed by atoms with Gasteiger partial charge in [0.05, 0.1) is 6.42 Å². The molecule has 0 unspecified atom stereocenters. The van der Waals surface area contributed by atoms with Gasteiger partial charge in [0.25, 0.3) is 0 Å². The second-order valence-electron chi connectivity index (χ2n) is 5.07. The number of nitrogens with one attached hydrogen (secondary N) is 1. The van der Waals surface area contributed by atoms with E-state index in [9.17, 15) is 9.59 Å². The van der Waals surface area contributed by atoms with Crippen molar-refractivity contribution >= 4 is 11.9 Å². The van der Waals surface area contributed by atoms with Crippen molar-refractivity contribution in [2.75, 3.05) is 6.54 Å². The molecule has 0 atom stereocenters. The van der Waals surface area contributed by atoms with Gasteiger partial charge >= 0.3 is 35.5 Å². The van der Waals surface area contributed by atoms with E-state index in [2.05, 4.69) is 12.2 Å². The number of rotatable bonds is 13. The van der Waals surface area contributed by atoms with Crippen LogP contribution in [-0.2, 0) is 9.59 Å². The van der Waals surface area contributed by atoms with Gasteiger partial charge in [-0.2, -0.15) is 0 Å². The first kappa shape index (κ1) is 22.2. The molecule has 4 nitrogen and oxygen atoms in total. The van der Waals surface area contributed by atoms with Gasteiger partial charge in [-0.25, -0.2) is 0 Å². The van der Waals surface area contributed by atoms with E-state index < -0.39 is 5.97 Å². The van der Waals surface area contributed by atoms with Gasteiger partial charge in [-0.3, -0.25) is 9.59 Å². The molecule has 0 aliphatic rings. The summed E-state index contributed by atoms with van der Waals surface area (Å²) in [5, 5.41) is 11.0. The first-order valence-corrected chi connectivity index (χ1v) is 7.65. The minimum Gasteiger partial charge on any atom is -0.481 e. The van der Waals surface area contributed by atoms with Gasteiger partial charge in [0.1, 0.15) is 0 Å². The molecule has 0 saturated carbocycles. The minimum atomic E-state index is -0.872. The number of aliphatic carboxylic acids is 1. The molecule has 0 fully saturated rings. The van der Waals surface area contributed by atoms with E-state index in [1.165, 1.54) is 44.9 Å². The topological polar surface area (TPSA) is 66.4 Å². The van der Waals surface area contributed by atoms with Crippen molar-refractivity contribution in [1.29, 1.82) is 0 Å². The SMILES string of the molecule is CCCCCCCCCCCC(=O)NCCC(=O)O.[Na+]. The third-order valence-electron chi connectivity index (χ3n) is 3.17. The van der Waals surface area contributed by atoms with Gasteiger partial charge < -0.3 is 10.4 Å². The van der Waals surface area contributed by atoms with E-state index in [1.54, 1.807) is 0 Å². The number of hydrogen-bond acceptors (Lipinski definition) is 2. The molecule has 112 valence electrons. The van der Waals surface area contributed by atoms with Gasteiger partial charge in [0, 0.05) is 13.0 Å². The summed E-state index contributed by atoms with van der Waals surface area (Å²) in [6.45, 7) is 2.47. The van der Waals surface area contributed by atoms with E-state index >= 15 is 0 Å². The summed E-state index contributed by atoms with van der Waals surface area (Å²) in [5.41, 5.74) is 0. The molecule has 0 radical (unpaired) electrons. The molecule has 1 amide bonds. The Bertz CT molecular complexity index is 247. The second kappa shape index (κ2) is 17.0. The summed E-state index contributed by atoms with van der Waals surface area (Å²) in [7, 11) is 0. The zero-order valence-electron chi connectivity index (χ0n) is 13.2. The van der Waals surface area contributed by atoms with Crippen LogP contribution in [0.5, 0.6) is 0 Å². The Balaban J connectivity index is 0. The van der Waals surface area contributed by atoms with Crippen molar-refractivity contribution in [2.45, 2.75) is 77.6 Å². The number of hydrogen-bond donors (Lipinski definition) is 2. The number of unbranched alkanes of at least 4 members (excludes halogenated alkanes) is 8. The maximum absolute atomic E-state index is 11.3. The van der Waals surface area contributed by atoms with Crippen LogP contribution in [0.2, 0.25) is 0 Å². The predicted molar refractivity (Wildman–Crippen MR) is 77.1 cm³/mol. The van der Waals surface area contributed by atoms with Crippen molar-refractivity contribution < 1.29 is 44.3 Å². The van der Waals surface area contributed by atoms with E-state index in [1.807, 2.05) is 0 Å². The Morgan fingerprint density at radius 3 is 1.85 bits per heavy atom. The third kappa shape index (κ3) is 17.9. The van der Waals surface area contributed by atoms with E-state index in [0.717, 1.165) is 12.8 Å². The molecule has 0 aromatic rings. The zero-order chi connectivity index (χ0) is 14.3. The van der Waals surface area contributed by atoms with Crippen LogP contribution in [0.3, 0.4) is 0 Å². The summed E-state index contributed by atoms with van der Waals surface area (Å²) >= 11 is 0. The van der Waals surface area contributed by atoms with Gasteiger partial charge in [-0.05, 0) is 6.42 Å². The molecule has 5 heteroatoms. The van der Waals surface area contributed by atoms with E-state index in [4.69, 9.17) is 5.11 Å². The second-order valence-corrected chi connectivity index (χ2v) is 5.07. The Hall–Kier alpha value is -0.0600. The number of carboxylic acid groups (broad SMARTS) is 1.